The summed E-state index contributed by atoms with van der Waals surface area (Å²) in [7, 11) is 1.56. The molecule has 1 heterocycles. The molecule has 1 amide bonds. The first-order chi connectivity index (χ1) is 10.5. The zero-order valence-corrected chi connectivity index (χ0v) is 12.2. The van der Waals surface area contributed by atoms with Gasteiger partial charge >= 0.3 is 5.97 Å². The highest BCUT2D eigenvalue weighted by molar-refractivity contribution is 5.93. The highest BCUT2D eigenvalue weighted by Crippen LogP contribution is 2.17. The lowest BCUT2D eigenvalue weighted by molar-refractivity contribution is -0.136. The van der Waals surface area contributed by atoms with Gasteiger partial charge in [-0.2, -0.15) is 0 Å². The summed E-state index contributed by atoms with van der Waals surface area (Å²) in [6.45, 7) is 1.62. The Kier molecular flexibility index (Phi) is 4.72. The van der Waals surface area contributed by atoms with E-state index in [9.17, 15) is 9.59 Å². The van der Waals surface area contributed by atoms with Crippen LogP contribution in [0.4, 0.5) is 5.69 Å². The third-order valence-electron chi connectivity index (χ3n) is 3.09. The number of hydrogen-bond donors (Lipinski definition) is 2. The molecule has 8 heteroatoms. The van der Waals surface area contributed by atoms with E-state index < -0.39 is 12.0 Å². The molecule has 0 aliphatic rings. The number of ether oxygens (including phenoxy) is 1. The first kappa shape index (κ1) is 15.5. The summed E-state index contributed by atoms with van der Waals surface area (Å²) in [6.07, 6.45) is 1.10. The molecule has 0 saturated carbocycles. The highest BCUT2D eigenvalue weighted by Gasteiger charge is 2.20. The largest absolute Gasteiger partial charge is 0.497 e. The molecule has 2 N–H and O–H groups in total. The number of aliphatic carboxylic acids is 1. The second-order valence-electron chi connectivity index (χ2n) is 4.63. The van der Waals surface area contributed by atoms with Gasteiger partial charge < -0.3 is 15.2 Å². The molecule has 1 aromatic heterocycles. The summed E-state index contributed by atoms with van der Waals surface area (Å²) in [5, 5.41) is 19.0. The number of rotatable bonds is 6. The lowest BCUT2D eigenvalue weighted by Crippen LogP contribution is -2.26. The van der Waals surface area contributed by atoms with Gasteiger partial charge in [-0.3, -0.25) is 9.59 Å². The van der Waals surface area contributed by atoms with Crippen LogP contribution >= 0.6 is 0 Å². The van der Waals surface area contributed by atoms with Crippen molar-refractivity contribution in [2.75, 3.05) is 12.4 Å². The molecule has 1 atom stereocenters. The third kappa shape index (κ3) is 3.60. The zero-order valence-electron chi connectivity index (χ0n) is 12.2. The van der Waals surface area contributed by atoms with E-state index in [4.69, 9.17) is 9.84 Å². The number of aromatic nitrogens is 3. The van der Waals surface area contributed by atoms with Gasteiger partial charge in [-0.1, -0.05) is 5.21 Å². The van der Waals surface area contributed by atoms with Crippen LogP contribution in [0.1, 0.15) is 18.7 Å². The Labute approximate surface area is 126 Å². The lowest BCUT2D eigenvalue weighted by Gasteiger charge is -2.14. The van der Waals surface area contributed by atoms with Gasteiger partial charge in [-0.25, -0.2) is 4.68 Å². The van der Waals surface area contributed by atoms with Crippen LogP contribution in [0.15, 0.2) is 30.5 Å². The number of nitrogens with zero attached hydrogens (tertiary/aromatic N) is 3. The topological polar surface area (TPSA) is 106 Å². The minimum absolute atomic E-state index is 0.243. The second-order valence-corrected chi connectivity index (χ2v) is 4.63. The van der Waals surface area contributed by atoms with E-state index in [1.807, 2.05) is 0 Å². The smallest absolute Gasteiger partial charge is 0.309 e. The van der Waals surface area contributed by atoms with Crippen LogP contribution in [0.2, 0.25) is 0 Å². The van der Waals surface area contributed by atoms with Crippen molar-refractivity contribution in [1.29, 1.82) is 0 Å². The Bertz CT molecular complexity index is 666. The van der Waals surface area contributed by atoms with Gasteiger partial charge in [0.25, 0.3) is 0 Å². The summed E-state index contributed by atoms with van der Waals surface area (Å²) in [5.74, 6) is -0.639. The maximum atomic E-state index is 12.2. The highest BCUT2D eigenvalue weighted by atomic mass is 16.5. The molecule has 0 fully saturated rings. The molecular formula is C14H16N4O4. The Hall–Kier alpha value is -2.90. The van der Waals surface area contributed by atoms with Gasteiger partial charge in [0.15, 0.2) is 0 Å². The van der Waals surface area contributed by atoms with Gasteiger partial charge in [0, 0.05) is 5.69 Å². The van der Waals surface area contributed by atoms with Crippen LogP contribution in [0.3, 0.4) is 0 Å². The number of amides is 1. The summed E-state index contributed by atoms with van der Waals surface area (Å²) in [6, 6.07) is 6.20. The molecule has 0 aliphatic carbocycles. The van der Waals surface area contributed by atoms with E-state index >= 15 is 0 Å². The summed E-state index contributed by atoms with van der Waals surface area (Å²) >= 11 is 0. The predicted molar refractivity (Wildman–Crippen MR) is 77.7 cm³/mol. The molecule has 1 unspecified atom stereocenters. The Morgan fingerprint density at radius 2 is 2.05 bits per heavy atom. The first-order valence-corrected chi connectivity index (χ1v) is 6.57. The molecule has 116 valence electrons. The zero-order chi connectivity index (χ0) is 16.1. The van der Waals surface area contributed by atoms with Gasteiger partial charge in [0.2, 0.25) is 5.91 Å². The van der Waals surface area contributed by atoms with E-state index in [0.29, 0.717) is 17.1 Å². The van der Waals surface area contributed by atoms with Crippen molar-refractivity contribution in [3.63, 3.8) is 0 Å². The first-order valence-electron chi connectivity index (χ1n) is 6.57. The van der Waals surface area contributed by atoms with Crippen molar-refractivity contribution in [1.82, 2.24) is 15.0 Å². The van der Waals surface area contributed by atoms with Gasteiger partial charge in [-0.15, -0.1) is 5.10 Å². The predicted octanol–water partition coefficient (Wildman–Crippen LogP) is 1.11. The van der Waals surface area contributed by atoms with Crippen molar-refractivity contribution in [3.8, 4) is 5.75 Å². The van der Waals surface area contributed by atoms with Crippen molar-refractivity contribution in [2.24, 2.45) is 0 Å². The van der Waals surface area contributed by atoms with Gasteiger partial charge in [0.1, 0.15) is 11.8 Å². The van der Waals surface area contributed by atoms with Gasteiger partial charge in [0.05, 0.1) is 25.4 Å². The molecule has 1 aromatic carbocycles. The Morgan fingerprint density at radius 1 is 1.36 bits per heavy atom. The van der Waals surface area contributed by atoms with E-state index in [-0.39, 0.29) is 12.3 Å². The molecule has 0 spiro atoms. The quantitative estimate of drug-likeness (QED) is 0.828. The van der Waals surface area contributed by atoms with Crippen molar-refractivity contribution >= 4 is 17.6 Å². The maximum Gasteiger partial charge on any atom is 0.309 e. The number of carbonyl (C=O) groups excluding carboxylic acids is 1. The SMILES string of the molecule is COc1ccc(NC(=O)C(C)n2nncc2CC(=O)O)cc1. The minimum atomic E-state index is -1.01. The maximum absolute atomic E-state index is 12.2. The number of carboxylic acid groups (broad SMARTS) is 1. The fourth-order valence-electron chi connectivity index (χ4n) is 1.90. The summed E-state index contributed by atoms with van der Waals surface area (Å²) < 4.78 is 6.34. The fraction of sp³-hybridized carbons (Fsp3) is 0.286. The Balaban J connectivity index is 2.08. The number of methoxy groups -OCH3 is 1. The number of nitrogens with one attached hydrogen (secondary N) is 1. The minimum Gasteiger partial charge on any atom is -0.497 e. The van der Waals surface area contributed by atoms with Crippen molar-refractivity contribution < 1.29 is 19.4 Å². The van der Waals surface area contributed by atoms with E-state index in [2.05, 4.69) is 15.6 Å². The lowest BCUT2D eigenvalue weighted by atomic mass is 10.2. The number of benzene rings is 1. The third-order valence-corrected chi connectivity index (χ3v) is 3.09. The van der Waals surface area contributed by atoms with Crippen molar-refractivity contribution in [2.45, 2.75) is 19.4 Å². The van der Waals surface area contributed by atoms with Crippen molar-refractivity contribution in [3.05, 3.63) is 36.2 Å². The van der Waals surface area contributed by atoms with Crippen LogP contribution in [-0.4, -0.2) is 39.1 Å². The molecule has 8 nitrogen and oxygen atoms in total. The standard InChI is InChI=1S/C14H16N4O4/c1-9(18-11(7-13(19)20)8-15-17-18)14(21)16-10-3-5-12(22-2)6-4-10/h3-6,8-9H,7H2,1-2H3,(H,16,21)(H,19,20). The number of carbonyl (C=O) groups is 2. The fourth-order valence-corrected chi connectivity index (χ4v) is 1.90. The molecule has 2 rings (SSSR count). The molecule has 0 radical (unpaired) electrons. The van der Waals surface area contributed by atoms with E-state index in [1.54, 1.807) is 38.3 Å². The number of hydrogen-bond acceptors (Lipinski definition) is 5. The van der Waals surface area contributed by atoms with Gasteiger partial charge in [-0.05, 0) is 31.2 Å². The van der Waals surface area contributed by atoms with Crippen LogP contribution in [-0.2, 0) is 16.0 Å². The number of anilines is 1. The van der Waals surface area contributed by atoms with Crippen LogP contribution in [0, 0.1) is 0 Å². The summed E-state index contributed by atoms with van der Waals surface area (Å²) in [4.78, 5) is 23.0. The molecule has 22 heavy (non-hydrogen) atoms. The average Bonchev–Trinajstić information content (AvgIpc) is 2.94. The second kappa shape index (κ2) is 6.70. The average molecular weight is 304 g/mol. The molecular weight excluding hydrogens is 288 g/mol. The van der Waals surface area contributed by atoms with Crippen LogP contribution < -0.4 is 10.1 Å². The van der Waals surface area contributed by atoms with Crippen LogP contribution in [0.5, 0.6) is 5.75 Å². The molecule has 0 aliphatic heterocycles. The van der Waals surface area contributed by atoms with E-state index in [0.717, 1.165) is 0 Å². The van der Waals surface area contributed by atoms with Crippen LogP contribution in [0.25, 0.3) is 0 Å². The normalized spacial score (nSPS) is 11.7. The Morgan fingerprint density at radius 3 is 2.64 bits per heavy atom. The summed E-state index contributed by atoms with van der Waals surface area (Å²) in [5.41, 5.74) is 0.974. The molecule has 0 saturated heterocycles. The monoisotopic (exact) mass is 304 g/mol. The number of carboxylic acids is 1. The molecule has 0 bridgehead atoms. The molecule has 2 aromatic rings. The van der Waals surface area contributed by atoms with E-state index in [1.165, 1.54) is 10.9 Å².